The molecule has 0 bridgehead atoms. The van der Waals surface area contributed by atoms with Gasteiger partial charge in [0.25, 0.3) is 11.3 Å². The molecule has 0 atom stereocenters. The van der Waals surface area contributed by atoms with Crippen LogP contribution in [0, 0.1) is 6.92 Å². The summed E-state index contributed by atoms with van der Waals surface area (Å²) >= 11 is 0. The molecule has 0 saturated heterocycles. The van der Waals surface area contributed by atoms with E-state index in [1.807, 2.05) is 24.3 Å². The second kappa shape index (κ2) is 4.80. The number of aryl methyl sites for hydroxylation is 3. The zero-order valence-corrected chi connectivity index (χ0v) is 11.1. The Kier molecular flexibility index (Phi) is 2.98. The monoisotopic (exact) mass is 269 g/mol. The van der Waals surface area contributed by atoms with Crippen LogP contribution in [0.1, 0.15) is 17.1 Å². The fraction of sp³-hybridized carbons (Fsp3) is 0.214. The van der Waals surface area contributed by atoms with Gasteiger partial charge >= 0.3 is 0 Å². The van der Waals surface area contributed by atoms with Crippen molar-refractivity contribution in [1.82, 2.24) is 19.6 Å². The van der Waals surface area contributed by atoms with Crippen molar-refractivity contribution < 1.29 is 0 Å². The van der Waals surface area contributed by atoms with E-state index in [9.17, 15) is 4.79 Å². The topological polar surface area (TPSA) is 89.1 Å². The maximum Gasteiger partial charge on any atom is 0.274 e. The minimum absolute atomic E-state index is 0.148. The van der Waals surface area contributed by atoms with E-state index >= 15 is 0 Å². The first-order valence-electron chi connectivity index (χ1n) is 6.42. The fourth-order valence-corrected chi connectivity index (χ4v) is 2.16. The van der Waals surface area contributed by atoms with Gasteiger partial charge < -0.3 is 5.73 Å². The van der Waals surface area contributed by atoms with Gasteiger partial charge in [0.1, 0.15) is 5.82 Å². The summed E-state index contributed by atoms with van der Waals surface area (Å²) in [5, 5.41) is 2.97. The van der Waals surface area contributed by atoms with Gasteiger partial charge in [-0.05, 0) is 25.0 Å². The number of hydrogen-bond acceptors (Lipinski definition) is 4. The molecule has 102 valence electrons. The number of nitrogens with one attached hydrogen (secondary N) is 1. The minimum atomic E-state index is -0.148. The third-order valence-corrected chi connectivity index (χ3v) is 3.19. The van der Waals surface area contributed by atoms with Crippen molar-refractivity contribution >= 4 is 11.5 Å². The standard InChI is InChI=1S/C14H15N5O/c1-9-8-13(20)19-14(16-9)17-12(18-19)7-6-10-4-2-3-5-11(10)15/h2-5,8H,6-7,15H2,1H3,(H,16,17,18). The van der Waals surface area contributed by atoms with Gasteiger partial charge in [0.2, 0.25) is 0 Å². The van der Waals surface area contributed by atoms with Gasteiger partial charge in [-0.25, -0.2) is 4.98 Å². The third kappa shape index (κ3) is 2.27. The average Bonchev–Trinajstić information content (AvgIpc) is 2.81. The Morgan fingerprint density at radius 3 is 2.85 bits per heavy atom. The molecule has 20 heavy (non-hydrogen) atoms. The molecule has 0 aliphatic heterocycles. The molecular weight excluding hydrogens is 254 g/mol. The van der Waals surface area contributed by atoms with E-state index < -0.39 is 0 Å². The van der Waals surface area contributed by atoms with Crippen LogP contribution in [0.25, 0.3) is 5.78 Å². The molecule has 2 heterocycles. The number of hydrogen-bond donors (Lipinski definition) is 2. The van der Waals surface area contributed by atoms with E-state index in [-0.39, 0.29) is 5.56 Å². The molecule has 6 heteroatoms. The number of aromatic nitrogens is 4. The van der Waals surface area contributed by atoms with Gasteiger partial charge in [-0.1, -0.05) is 18.2 Å². The van der Waals surface area contributed by atoms with E-state index in [2.05, 4.69) is 15.1 Å². The first kappa shape index (κ1) is 12.4. The Morgan fingerprint density at radius 1 is 1.25 bits per heavy atom. The number of aromatic amines is 1. The number of para-hydroxylation sites is 1. The largest absolute Gasteiger partial charge is 0.399 e. The number of fused-ring (bicyclic) bond motifs is 1. The van der Waals surface area contributed by atoms with Crippen LogP contribution in [0.4, 0.5) is 5.69 Å². The molecule has 2 aromatic heterocycles. The lowest BCUT2D eigenvalue weighted by atomic mass is 10.1. The highest BCUT2D eigenvalue weighted by Gasteiger charge is 2.07. The third-order valence-electron chi connectivity index (χ3n) is 3.19. The summed E-state index contributed by atoms with van der Waals surface area (Å²) < 4.78 is 1.36. The minimum Gasteiger partial charge on any atom is -0.399 e. The zero-order chi connectivity index (χ0) is 14.1. The van der Waals surface area contributed by atoms with Gasteiger partial charge in [0.15, 0.2) is 0 Å². The average molecular weight is 269 g/mol. The first-order chi connectivity index (χ1) is 9.63. The lowest BCUT2D eigenvalue weighted by Gasteiger charge is -2.02. The van der Waals surface area contributed by atoms with Gasteiger partial charge in [-0.2, -0.15) is 9.50 Å². The smallest absolute Gasteiger partial charge is 0.274 e. The second-order valence-corrected chi connectivity index (χ2v) is 4.74. The fourth-order valence-electron chi connectivity index (χ4n) is 2.16. The van der Waals surface area contributed by atoms with Crippen LogP contribution in [0.2, 0.25) is 0 Å². The van der Waals surface area contributed by atoms with Crippen LogP contribution < -0.4 is 11.3 Å². The van der Waals surface area contributed by atoms with E-state index in [1.165, 1.54) is 10.6 Å². The predicted molar refractivity (Wildman–Crippen MR) is 76.6 cm³/mol. The molecule has 0 radical (unpaired) electrons. The van der Waals surface area contributed by atoms with Crippen LogP contribution >= 0.6 is 0 Å². The Morgan fingerprint density at radius 2 is 2.05 bits per heavy atom. The Bertz CT molecular complexity index is 818. The van der Waals surface area contributed by atoms with Crippen molar-refractivity contribution in [1.29, 1.82) is 0 Å². The van der Waals surface area contributed by atoms with Crippen molar-refractivity contribution in [2.45, 2.75) is 19.8 Å². The van der Waals surface area contributed by atoms with Gasteiger partial charge in [0.05, 0.1) is 0 Å². The highest BCUT2D eigenvalue weighted by atomic mass is 16.1. The molecule has 0 amide bonds. The SMILES string of the molecule is Cc1cc(=O)n2[nH]c(CCc3ccccc3N)nc2n1. The number of anilines is 1. The van der Waals surface area contributed by atoms with Crippen LogP contribution in [-0.2, 0) is 12.8 Å². The summed E-state index contributed by atoms with van der Waals surface area (Å²) in [5.41, 5.74) is 8.27. The lowest BCUT2D eigenvalue weighted by molar-refractivity contribution is 0.819. The molecule has 0 fully saturated rings. The first-order valence-corrected chi connectivity index (χ1v) is 6.42. The zero-order valence-electron chi connectivity index (χ0n) is 11.1. The van der Waals surface area contributed by atoms with E-state index in [1.54, 1.807) is 6.92 Å². The Balaban J connectivity index is 1.87. The quantitative estimate of drug-likeness (QED) is 0.697. The summed E-state index contributed by atoms with van der Waals surface area (Å²) in [7, 11) is 0. The molecule has 3 aromatic rings. The maximum atomic E-state index is 11.8. The van der Waals surface area contributed by atoms with E-state index in [0.29, 0.717) is 17.9 Å². The predicted octanol–water partition coefficient (Wildman–Crippen LogP) is 1.09. The summed E-state index contributed by atoms with van der Waals surface area (Å²) in [6, 6.07) is 9.21. The summed E-state index contributed by atoms with van der Waals surface area (Å²) in [6.45, 7) is 1.78. The number of H-pyrrole nitrogens is 1. The number of nitrogens with zero attached hydrogens (tertiary/aromatic N) is 3. The van der Waals surface area contributed by atoms with Crippen LogP contribution in [0.3, 0.4) is 0 Å². The van der Waals surface area contributed by atoms with Crippen molar-refractivity contribution in [2.75, 3.05) is 5.73 Å². The molecule has 3 N–H and O–H groups in total. The molecule has 0 aliphatic carbocycles. The van der Waals surface area contributed by atoms with E-state index in [4.69, 9.17) is 5.73 Å². The molecular formula is C14H15N5O. The summed E-state index contributed by atoms with van der Waals surface area (Å²) in [4.78, 5) is 20.3. The molecule has 0 spiro atoms. The Labute approximate surface area is 115 Å². The second-order valence-electron chi connectivity index (χ2n) is 4.74. The van der Waals surface area contributed by atoms with Gasteiger partial charge in [-0.3, -0.25) is 9.89 Å². The number of nitrogen functional groups attached to an aromatic ring is 1. The number of benzene rings is 1. The van der Waals surface area contributed by atoms with Gasteiger partial charge in [0, 0.05) is 23.9 Å². The lowest BCUT2D eigenvalue weighted by Crippen LogP contribution is -2.14. The van der Waals surface area contributed by atoms with Gasteiger partial charge in [-0.15, -0.1) is 0 Å². The van der Waals surface area contributed by atoms with Crippen LogP contribution in [0.5, 0.6) is 0 Å². The molecule has 0 unspecified atom stereocenters. The maximum absolute atomic E-state index is 11.8. The number of rotatable bonds is 3. The molecule has 1 aromatic carbocycles. The number of nitrogens with two attached hydrogens (primary N) is 1. The van der Waals surface area contributed by atoms with Crippen molar-refractivity contribution in [3.63, 3.8) is 0 Å². The normalized spacial score (nSPS) is 11.1. The molecule has 0 aliphatic rings. The summed E-state index contributed by atoms with van der Waals surface area (Å²) in [6.07, 6.45) is 1.44. The summed E-state index contributed by atoms with van der Waals surface area (Å²) in [5.74, 6) is 1.13. The van der Waals surface area contributed by atoms with Crippen LogP contribution in [0.15, 0.2) is 35.1 Å². The molecule has 3 rings (SSSR count). The van der Waals surface area contributed by atoms with Crippen molar-refractivity contribution in [2.24, 2.45) is 0 Å². The van der Waals surface area contributed by atoms with E-state index in [0.717, 1.165) is 23.5 Å². The highest BCUT2D eigenvalue weighted by Crippen LogP contribution is 2.12. The highest BCUT2D eigenvalue weighted by molar-refractivity contribution is 5.46. The van der Waals surface area contributed by atoms with Crippen molar-refractivity contribution in [3.8, 4) is 0 Å². The van der Waals surface area contributed by atoms with Crippen molar-refractivity contribution in [3.05, 3.63) is 57.8 Å². The Hall–Kier alpha value is -2.63. The van der Waals surface area contributed by atoms with Crippen LogP contribution in [-0.4, -0.2) is 19.6 Å². The molecule has 0 saturated carbocycles. The molecule has 6 nitrogen and oxygen atoms in total.